The minimum Gasteiger partial charge on any atom is -0.463 e. The molecule has 0 radical (unpaired) electrons. The van der Waals surface area contributed by atoms with Gasteiger partial charge < -0.3 is 11.5 Å². The van der Waals surface area contributed by atoms with Gasteiger partial charge in [0.05, 0.1) is 0 Å². The van der Waals surface area contributed by atoms with Gasteiger partial charge in [-0.3, -0.25) is 4.79 Å². The maximum Gasteiger partial charge on any atom is 1.00 e. The van der Waals surface area contributed by atoms with Crippen LogP contribution in [0.15, 0.2) is 0 Å². The van der Waals surface area contributed by atoms with Crippen molar-refractivity contribution in [2.75, 3.05) is 0 Å². The monoisotopic (exact) mass is 144 g/mol. The number of hydrogen-bond acceptors (Lipinski definition) is 1. The van der Waals surface area contributed by atoms with E-state index in [0.29, 0.717) is 0 Å². The molecule has 0 saturated heterocycles. The smallest absolute Gasteiger partial charge is 0.463 e. The van der Waals surface area contributed by atoms with E-state index in [1.165, 1.54) is 0 Å². The number of nitrogens with one attached hydrogen (secondary N) is 1. The number of hydrogen-bond donors (Lipinski definition) is 1. The van der Waals surface area contributed by atoms with Crippen molar-refractivity contribution in [2.24, 2.45) is 5.73 Å². The van der Waals surface area contributed by atoms with Crippen LogP contribution in [-0.4, -0.2) is 6.03 Å². The molecule has 0 aromatic rings. The van der Waals surface area contributed by atoms with Crippen molar-refractivity contribution in [2.45, 2.75) is 0 Å². The van der Waals surface area contributed by atoms with Gasteiger partial charge in [-0.25, -0.2) is 0 Å². The number of amides is 2. The molecule has 3 N–H and O–H groups in total. The molecule has 3 nitrogen and oxygen atoms in total. The average molecular weight is 145 g/mol. The van der Waals surface area contributed by atoms with Gasteiger partial charge in [-0.15, -0.1) is 0 Å². The molecule has 5 heavy (non-hydrogen) atoms. The van der Waals surface area contributed by atoms with Crippen LogP contribution in [0.2, 0.25) is 0 Å². The Morgan fingerprint density at radius 2 is 1.80 bits per heavy atom. The topological polar surface area (TPSA) is 66.9 Å². The van der Waals surface area contributed by atoms with E-state index < -0.39 is 6.03 Å². The van der Waals surface area contributed by atoms with E-state index in [1.807, 2.05) is 0 Å². The van der Waals surface area contributed by atoms with Gasteiger partial charge in [-0.1, -0.05) is 0 Å². The van der Waals surface area contributed by atoms with Crippen LogP contribution in [0.5, 0.6) is 0 Å². The molecule has 0 fully saturated rings. The molecule has 0 saturated carbocycles. The van der Waals surface area contributed by atoms with Crippen LogP contribution < -0.4 is 63.9 Å². The van der Waals surface area contributed by atoms with E-state index >= 15 is 0 Å². The zero-order valence-corrected chi connectivity index (χ0v) is 7.90. The van der Waals surface area contributed by atoms with E-state index in [2.05, 4.69) is 5.73 Å². The zero-order chi connectivity index (χ0) is 3.58. The molecule has 0 rings (SSSR count). The summed E-state index contributed by atoms with van der Waals surface area (Å²) in [5, 5.41) is 0. The minimum absolute atomic E-state index is 0. The molecule has 0 aromatic carbocycles. The average Bonchev–Trinajstić information content (AvgIpc) is 0.811. The zero-order valence-electron chi connectivity index (χ0n) is 2.99. The Kier molecular flexibility index (Phi) is 9.56. The van der Waals surface area contributed by atoms with E-state index in [4.69, 9.17) is 10.5 Å². The number of nitrogens with two attached hydrogens (primary N) is 1. The fourth-order valence-electron chi connectivity index (χ4n) is 0. The Hall–Kier alpha value is 1.08. The quantitative estimate of drug-likeness (QED) is 0.390. The van der Waals surface area contributed by atoms with Crippen LogP contribution in [0.4, 0.5) is 4.79 Å². The summed E-state index contributed by atoms with van der Waals surface area (Å²) in [4.78, 5) is 8.89. The van der Waals surface area contributed by atoms with Crippen molar-refractivity contribution in [1.29, 1.82) is 0 Å². The van der Waals surface area contributed by atoms with Crippen LogP contribution in [0.1, 0.15) is 0 Å². The van der Waals surface area contributed by atoms with Crippen LogP contribution in [0, 0.1) is 0 Å². The molecule has 0 aromatic heterocycles. The fourth-order valence-corrected chi connectivity index (χ4v) is 0. The number of rotatable bonds is 0. The van der Waals surface area contributed by atoms with Gasteiger partial charge in [0.25, 0.3) is 0 Å². The maximum absolute atomic E-state index is 8.89. The molecule has 0 atom stereocenters. The SMILES string of the molecule is [NH-]C(N)=O.[Rb+]. The third-order valence-corrected chi connectivity index (χ3v) is 0. The minimum atomic E-state index is -1.08. The van der Waals surface area contributed by atoms with Gasteiger partial charge in [-0.2, -0.15) is 0 Å². The van der Waals surface area contributed by atoms with Crippen molar-refractivity contribution in [3.8, 4) is 0 Å². The first kappa shape index (κ1) is 9.42. The predicted molar refractivity (Wildman–Crippen MR) is 13.9 cm³/mol. The van der Waals surface area contributed by atoms with Gasteiger partial charge in [-0.05, 0) is 0 Å². The summed E-state index contributed by atoms with van der Waals surface area (Å²) in [6.07, 6.45) is 0. The van der Waals surface area contributed by atoms with E-state index in [9.17, 15) is 0 Å². The second-order valence-corrected chi connectivity index (χ2v) is 0.364. The molecule has 0 aliphatic rings. The van der Waals surface area contributed by atoms with Crippen molar-refractivity contribution < 1.29 is 63.0 Å². The van der Waals surface area contributed by atoms with Crippen molar-refractivity contribution in [3.63, 3.8) is 0 Å². The molecule has 0 bridgehead atoms. The van der Waals surface area contributed by atoms with E-state index in [-0.39, 0.29) is 58.2 Å². The van der Waals surface area contributed by atoms with Gasteiger partial charge in [0, 0.05) is 0 Å². The van der Waals surface area contributed by atoms with Gasteiger partial charge in [0.15, 0.2) is 0 Å². The molecule has 4 heteroatoms. The molecular formula is CH3N2ORb. The molecular weight excluding hydrogens is 141 g/mol. The second-order valence-electron chi connectivity index (χ2n) is 0.364. The number of carbonyl (C=O) groups is 1. The summed E-state index contributed by atoms with van der Waals surface area (Å²) >= 11 is 0. The van der Waals surface area contributed by atoms with Crippen LogP contribution in [0.3, 0.4) is 0 Å². The maximum atomic E-state index is 8.89. The molecule has 0 aliphatic carbocycles. The van der Waals surface area contributed by atoms with Crippen molar-refractivity contribution in [3.05, 3.63) is 5.73 Å². The molecule has 2 amide bonds. The van der Waals surface area contributed by atoms with Crippen molar-refractivity contribution in [1.82, 2.24) is 0 Å². The summed E-state index contributed by atoms with van der Waals surface area (Å²) in [7, 11) is 0. The largest absolute Gasteiger partial charge is 1.00 e. The normalized spacial score (nSPS) is 4.80. The third kappa shape index (κ3) is 41.5. The number of urea groups is 1. The number of primary amides is 1. The fraction of sp³-hybridized carbons (Fsp3) is 0. The van der Waals surface area contributed by atoms with E-state index in [0.717, 1.165) is 0 Å². The van der Waals surface area contributed by atoms with Crippen LogP contribution in [-0.2, 0) is 0 Å². The molecule has 0 unspecified atom stereocenters. The first-order valence-electron chi connectivity index (χ1n) is 0.743. The van der Waals surface area contributed by atoms with Gasteiger partial charge in [0.2, 0.25) is 0 Å². The first-order valence-corrected chi connectivity index (χ1v) is 0.743. The number of carbonyl (C=O) groups excluding carboxylic acids is 1. The second kappa shape index (κ2) is 5.08. The molecule has 24 valence electrons. The van der Waals surface area contributed by atoms with Crippen LogP contribution in [0.25, 0.3) is 5.73 Å². The Balaban J connectivity index is 0. The Labute approximate surface area is 78.9 Å². The summed E-state index contributed by atoms with van der Waals surface area (Å²) in [6.45, 7) is 0. The van der Waals surface area contributed by atoms with Gasteiger partial charge >= 0.3 is 58.2 Å². The Bertz CT molecular complexity index is 32.6. The van der Waals surface area contributed by atoms with E-state index in [1.54, 1.807) is 0 Å². The third-order valence-electron chi connectivity index (χ3n) is 0. The molecule has 0 heterocycles. The molecule has 0 spiro atoms. The van der Waals surface area contributed by atoms with Crippen LogP contribution >= 0.6 is 0 Å². The van der Waals surface area contributed by atoms with Crippen molar-refractivity contribution >= 4 is 6.03 Å². The summed E-state index contributed by atoms with van der Waals surface area (Å²) in [5.74, 6) is 0. The summed E-state index contributed by atoms with van der Waals surface area (Å²) < 4.78 is 0. The summed E-state index contributed by atoms with van der Waals surface area (Å²) in [5.41, 5.74) is 9.86. The van der Waals surface area contributed by atoms with Gasteiger partial charge in [0.1, 0.15) is 6.03 Å². The molecule has 0 aliphatic heterocycles. The first-order chi connectivity index (χ1) is 1.73. The Morgan fingerprint density at radius 1 is 1.80 bits per heavy atom. The Morgan fingerprint density at radius 3 is 1.80 bits per heavy atom. The summed E-state index contributed by atoms with van der Waals surface area (Å²) in [6, 6.07) is -1.08. The standard InChI is InChI=1S/CH4N2O.Rb/c2-1(3)4;/h(H4,2,3,4);/q;+1/p-1. The predicted octanol–water partition coefficient (Wildman–Crippen LogP) is -2.88.